The lowest BCUT2D eigenvalue weighted by molar-refractivity contribution is -0.134. The van der Waals surface area contributed by atoms with E-state index in [0.29, 0.717) is 10.0 Å². The predicted molar refractivity (Wildman–Crippen MR) is 117 cm³/mol. The van der Waals surface area contributed by atoms with Crippen molar-refractivity contribution < 1.29 is 17.4 Å². The van der Waals surface area contributed by atoms with Crippen LogP contribution in [-0.2, 0) is 25.6 Å². The fourth-order valence-corrected chi connectivity index (χ4v) is 4.44. The Labute approximate surface area is 179 Å². The SMILES string of the molecule is C=CCS(=O)(=O)OC(=O)CCn1c(C)c(-c2ccc(Cl)cc2)c2cccc(Cl)c21. The van der Waals surface area contributed by atoms with Gasteiger partial charge >= 0.3 is 16.1 Å². The van der Waals surface area contributed by atoms with Gasteiger partial charge in [-0.2, -0.15) is 8.42 Å². The number of carbonyl (C=O) groups is 1. The first-order valence-electron chi connectivity index (χ1n) is 8.82. The average molecular weight is 452 g/mol. The predicted octanol–water partition coefficient (Wildman–Crippen LogP) is 5.37. The molecule has 0 unspecified atom stereocenters. The first-order chi connectivity index (χ1) is 13.7. The molecular formula is C21H19Cl2NO4S. The lowest BCUT2D eigenvalue weighted by atomic mass is 10.0. The molecule has 0 atom stereocenters. The highest BCUT2D eigenvalue weighted by atomic mass is 35.5. The largest absolute Gasteiger partial charge is 0.345 e. The number of hydrogen-bond donors (Lipinski definition) is 0. The molecule has 0 bridgehead atoms. The summed E-state index contributed by atoms with van der Waals surface area (Å²) in [4.78, 5) is 12.1. The Morgan fingerprint density at radius 1 is 1.17 bits per heavy atom. The van der Waals surface area contributed by atoms with Crippen molar-refractivity contribution in [2.75, 3.05) is 5.75 Å². The highest BCUT2D eigenvalue weighted by Gasteiger charge is 2.20. The smallest absolute Gasteiger partial charge is 0.323 e. The summed E-state index contributed by atoms with van der Waals surface area (Å²) in [5.74, 6) is -1.25. The number of fused-ring (bicyclic) bond motifs is 1. The second-order valence-electron chi connectivity index (χ2n) is 6.47. The Morgan fingerprint density at radius 3 is 2.52 bits per heavy atom. The van der Waals surface area contributed by atoms with Crippen LogP contribution in [0.15, 0.2) is 55.1 Å². The summed E-state index contributed by atoms with van der Waals surface area (Å²) in [6, 6.07) is 13.1. The molecule has 2 aromatic carbocycles. The van der Waals surface area contributed by atoms with E-state index in [1.54, 1.807) is 6.07 Å². The van der Waals surface area contributed by atoms with Crippen LogP contribution in [0.4, 0.5) is 0 Å². The Balaban J connectivity index is 1.98. The van der Waals surface area contributed by atoms with Crippen molar-refractivity contribution in [3.8, 4) is 11.1 Å². The van der Waals surface area contributed by atoms with Crippen molar-refractivity contribution in [2.45, 2.75) is 19.9 Å². The molecule has 1 aromatic heterocycles. The summed E-state index contributed by atoms with van der Waals surface area (Å²) in [5, 5.41) is 2.11. The van der Waals surface area contributed by atoms with Gasteiger partial charge in [-0.05, 0) is 30.7 Å². The first kappa shape index (κ1) is 21.4. The van der Waals surface area contributed by atoms with Crippen LogP contribution in [-0.4, -0.2) is 24.7 Å². The average Bonchev–Trinajstić information content (AvgIpc) is 2.93. The molecule has 0 spiro atoms. The number of aromatic nitrogens is 1. The number of nitrogens with zero attached hydrogens (tertiary/aromatic N) is 1. The second kappa shape index (κ2) is 8.61. The maximum Gasteiger partial charge on any atom is 0.323 e. The van der Waals surface area contributed by atoms with E-state index in [0.717, 1.165) is 27.7 Å². The Hall–Kier alpha value is -2.28. The normalized spacial score (nSPS) is 11.6. The third kappa shape index (κ3) is 4.66. The molecule has 3 aromatic rings. The molecule has 5 nitrogen and oxygen atoms in total. The number of benzene rings is 2. The molecule has 0 amide bonds. The zero-order valence-electron chi connectivity index (χ0n) is 15.7. The van der Waals surface area contributed by atoms with Gasteiger partial charge in [0.25, 0.3) is 0 Å². The fourth-order valence-electron chi connectivity index (χ4n) is 3.31. The molecule has 0 aliphatic carbocycles. The van der Waals surface area contributed by atoms with Crippen molar-refractivity contribution in [1.82, 2.24) is 4.57 Å². The van der Waals surface area contributed by atoms with Crippen LogP contribution in [0.3, 0.4) is 0 Å². The summed E-state index contributed by atoms with van der Waals surface area (Å²) in [6.45, 7) is 5.50. The minimum Gasteiger partial charge on any atom is -0.345 e. The van der Waals surface area contributed by atoms with E-state index >= 15 is 0 Å². The standard InChI is InChI=1S/C21H19Cl2NO4S/c1-3-13-29(26,27)28-19(25)11-12-24-14(2)20(15-7-9-16(22)10-8-15)17-5-4-6-18(23)21(17)24/h3-10H,1,11-13H2,2H3. The van der Waals surface area contributed by atoms with Gasteiger partial charge in [0.05, 0.1) is 17.0 Å². The van der Waals surface area contributed by atoms with Crippen LogP contribution in [0, 0.1) is 6.92 Å². The van der Waals surface area contributed by atoms with Crippen molar-refractivity contribution in [3.63, 3.8) is 0 Å². The molecule has 8 heteroatoms. The van der Waals surface area contributed by atoms with Gasteiger partial charge in [-0.3, -0.25) is 4.79 Å². The molecule has 3 rings (SSSR count). The number of carbonyl (C=O) groups excluding carboxylic acids is 1. The Bertz CT molecular complexity index is 1180. The third-order valence-electron chi connectivity index (χ3n) is 4.51. The number of halogens is 2. The summed E-state index contributed by atoms with van der Waals surface area (Å²) < 4.78 is 29.8. The monoisotopic (exact) mass is 451 g/mol. The van der Waals surface area contributed by atoms with Gasteiger partial charge in [-0.1, -0.05) is 53.5 Å². The fraction of sp³-hybridized carbons (Fsp3) is 0.190. The van der Waals surface area contributed by atoms with E-state index in [4.69, 9.17) is 23.2 Å². The molecule has 152 valence electrons. The molecule has 0 aliphatic heterocycles. The van der Waals surface area contributed by atoms with E-state index in [1.807, 2.05) is 47.9 Å². The minimum atomic E-state index is -3.95. The molecular weight excluding hydrogens is 433 g/mol. The molecule has 0 aliphatic rings. The van der Waals surface area contributed by atoms with Crippen molar-refractivity contribution in [1.29, 1.82) is 0 Å². The van der Waals surface area contributed by atoms with Crippen LogP contribution in [0.25, 0.3) is 22.0 Å². The van der Waals surface area contributed by atoms with Crippen molar-refractivity contribution in [3.05, 3.63) is 70.9 Å². The zero-order valence-corrected chi connectivity index (χ0v) is 18.0. The van der Waals surface area contributed by atoms with Gasteiger partial charge in [0.1, 0.15) is 5.75 Å². The van der Waals surface area contributed by atoms with Gasteiger partial charge in [-0.25, -0.2) is 0 Å². The summed E-state index contributed by atoms with van der Waals surface area (Å²) >= 11 is 12.5. The lowest BCUT2D eigenvalue weighted by Crippen LogP contribution is -2.17. The molecule has 0 N–H and O–H groups in total. The van der Waals surface area contributed by atoms with Crippen LogP contribution < -0.4 is 0 Å². The summed E-state index contributed by atoms with van der Waals surface area (Å²) in [5.41, 5.74) is 3.62. The van der Waals surface area contributed by atoms with Gasteiger partial charge in [0.15, 0.2) is 0 Å². The first-order valence-corrected chi connectivity index (χ1v) is 11.2. The maximum absolute atomic E-state index is 12.1. The van der Waals surface area contributed by atoms with E-state index in [9.17, 15) is 13.2 Å². The minimum absolute atomic E-state index is 0.119. The Morgan fingerprint density at radius 2 is 1.86 bits per heavy atom. The van der Waals surface area contributed by atoms with E-state index < -0.39 is 21.8 Å². The van der Waals surface area contributed by atoms with E-state index in [-0.39, 0.29) is 13.0 Å². The molecule has 1 heterocycles. The molecule has 0 saturated carbocycles. The van der Waals surface area contributed by atoms with Gasteiger partial charge < -0.3 is 8.75 Å². The maximum atomic E-state index is 12.1. The lowest BCUT2D eigenvalue weighted by Gasteiger charge is -2.10. The number of aryl methyl sites for hydroxylation is 1. The molecule has 0 radical (unpaired) electrons. The van der Waals surface area contributed by atoms with Crippen molar-refractivity contribution >= 4 is 50.2 Å². The number of rotatable bonds is 7. The quantitative estimate of drug-likeness (QED) is 0.357. The highest BCUT2D eigenvalue weighted by molar-refractivity contribution is 7.87. The van der Waals surface area contributed by atoms with Crippen LogP contribution >= 0.6 is 23.2 Å². The summed E-state index contributed by atoms with van der Waals surface area (Å²) in [6.07, 6.45) is 1.05. The number of hydrogen-bond acceptors (Lipinski definition) is 4. The topological polar surface area (TPSA) is 65.4 Å². The molecule has 0 fully saturated rings. The van der Waals surface area contributed by atoms with Crippen molar-refractivity contribution in [2.24, 2.45) is 0 Å². The molecule has 0 saturated heterocycles. The summed E-state index contributed by atoms with van der Waals surface area (Å²) in [7, 11) is -3.95. The Kier molecular flexibility index (Phi) is 6.36. The van der Waals surface area contributed by atoms with Crippen LogP contribution in [0.5, 0.6) is 0 Å². The molecule has 29 heavy (non-hydrogen) atoms. The van der Waals surface area contributed by atoms with Crippen LogP contribution in [0.1, 0.15) is 12.1 Å². The number of para-hydroxylation sites is 1. The van der Waals surface area contributed by atoms with Gasteiger partial charge in [0, 0.05) is 28.2 Å². The van der Waals surface area contributed by atoms with E-state index in [2.05, 4.69) is 10.8 Å². The third-order valence-corrected chi connectivity index (χ3v) is 6.15. The van der Waals surface area contributed by atoms with E-state index in [1.165, 1.54) is 6.08 Å². The second-order valence-corrected chi connectivity index (χ2v) is 8.93. The van der Waals surface area contributed by atoms with Gasteiger partial charge in [0.2, 0.25) is 0 Å². The van der Waals surface area contributed by atoms with Gasteiger partial charge in [-0.15, -0.1) is 6.58 Å². The highest BCUT2D eigenvalue weighted by Crippen LogP contribution is 2.38. The van der Waals surface area contributed by atoms with Crippen LogP contribution in [0.2, 0.25) is 10.0 Å². The zero-order chi connectivity index (χ0) is 21.2.